The lowest BCUT2D eigenvalue weighted by Crippen LogP contribution is -2.19. The molecule has 2 N–H and O–H groups in total. The number of ether oxygens (including phenoxy) is 4. The van der Waals surface area contributed by atoms with Gasteiger partial charge >= 0.3 is 0 Å². The van der Waals surface area contributed by atoms with Crippen LogP contribution < -0.4 is 29.6 Å². The molecule has 1 aliphatic heterocycles. The molecule has 0 bridgehead atoms. The zero-order valence-electron chi connectivity index (χ0n) is 16.5. The minimum atomic E-state index is 0. The second-order valence-corrected chi connectivity index (χ2v) is 7.07. The highest BCUT2D eigenvalue weighted by Crippen LogP contribution is 2.38. The molecule has 0 spiro atoms. The van der Waals surface area contributed by atoms with Gasteiger partial charge in [0.25, 0.3) is 0 Å². The first-order chi connectivity index (χ1) is 13.2. The highest BCUT2D eigenvalue weighted by atomic mass is 79.9. The third kappa shape index (κ3) is 7.12. The number of rotatable bonds is 10. The first-order valence-corrected chi connectivity index (χ1v) is 9.73. The van der Waals surface area contributed by atoms with E-state index in [1.54, 1.807) is 7.11 Å². The number of methoxy groups -OCH3 is 1. The van der Waals surface area contributed by atoms with Crippen molar-refractivity contribution in [3.05, 3.63) is 45.9 Å². The average Bonchev–Trinajstić information content (AvgIpc) is 3.14. The largest absolute Gasteiger partial charge is 0.493 e. The fraction of sp³-hybridized carbons (Fsp3) is 0.400. The van der Waals surface area contributed by atoms with Gasteiger partial charge in [0.1, 0.15) is 6.61 Å². The zero-order valence-corrected chi connectivity index (χ0v) is 19.7. The van der Waals surface area contributed by atoms with Crippen LogP contribution in [0, 0.1) is 0 Å². The van der Waals surface area contributed by atoms with Gasteiger partial charge in [-0.1, -0.05) is 6.07 Å². The second-order valence-electron chi connectivity index (χ2n) is 6.22. The molecule has 0 fully saturated rings. The van der Waals surface area contributed by atoms with Crippen molar-refractivity contribution in [2.45, 2.75) is 19.6 Å². The molecule has 0 saturated carbocycles. The zero-order chi connectivity index (χ0) is 19.1. The minimum absolute atomic E-state index is 0. The van der Waals surface area contributed by atoms with Gasteiger partial charge in [-0.3, -0.25) is 0 Å². The molecule has 1 heterocycles. The molecule has 0 radical (unpaired) electrons. The number of hydrogen-bond donors (Lipinski definition) is 2. The molecular formula is C20H27BrCl2N2O4. The summed E-state index contributed by atoms with van der Waals surface area (Å²) >= 11 is 3.61. The van der Waals surface area contributed by atoms with E-state index in [1.807, 2.05) is 31.3 Å². The molecule has 1 aliphatic rings. The van der Waals surface area contributed by atoms with Gasteiger partial charge in [-0.05, 0) is 77.9 Å². The summed E-state index contributed by atoms with van der Waals surface area (Å²) in [7, 11) is 3.61. The molecule has 0 aliphatic carbocycles. The molecule has 0 saturated heterocycles. The van der Waals surface area contributed by atoms with E-state index in [0.717, 1.165) is 53.2 Å². The summed E-state index contributed by atoms with van der Waals surface area (Å²) < 4.78 is 23.2. The van der Waals surface area contributed by atoms with Crippen molar-refractivity contribution in [2.75, 3.05) is 34.0 Å². The fourth-order valence-electron chi connectivity index (χ4n) is 2.82. The Bertz CT molecular complexity index is 780. The smallest absolute Gasteiger partial charge is 0.231 e. The number of nitrogens with one attached hydrogen (secondary N) is 2. The maximum Gasteiger partial charge on any atom is 0.231 e. The Morgan fingerprint density at radius 3 is 2.59 bits per heavy atom. The summed E-state index contributed by atoms with van der Waals surface area (Å²) in [6.07, 6.45) is 1.09. The SMILES string of the molecule is CNCCCNCc1cc(Br)c(OCc2ccc3c(c2)OCO3)c(OC)c1.Cl.Cl. The summed E-state index contributed by atoms with van der Waals surface area (Å²) in [5.41, 5.74) is 2.14. The van der Waals surface area contributed by atoms with Crippen LogP contribution in [-0.4, -0.2) is 34.0 Å². The van der Waals surface area contributed by atoms with Crippen LogP contribution in [0.15, 0.2) is 34.8 Å². The standard InChI is InChI=1S/C20H25BrN2O4.2ClH/c1-22-6-3-7-23-11-15-8-16(21)20(19(10-15)24-2)25-12-14-4-5-17-18(9-14)27-13-26-17;;/h4-5,8-10,22-23H,3,6-7,11-13H2,1-2H3;2*1H. The monoisotopic (exact) mass is 508 g/mol. The van der Waals surface area contributed by atoms with Crippen LogP contribution in [0.3, 0.4) is 0 Å². The molecule has 0 amide bonds. The van der Waals surface area contributed by atoms with Gasteiger partial charge in [-0.15, -0.1) is 24.8 Å². The van der Waals surface area contributed by atoms with Gasteiger partial charge in [0, 0.05) is 6.54 Å². The molecule has 9 heteroatoms. The van der Waals surface area contributed by atoms with E-state index in [-0.39, 0.29) is 31.6 Å². The van der Waals surface area contributed by atoms with Crippen molar-refractivity contribution in [1.82, 2.24) is 10.6 Å². The Morgan fingerprint density at radius 1 is 1.03 bits per heavy atom. The maximum atomic E-state index is 6.02. The first kappa shape index (κ1) is 25.7. The fourth-order valence-corrected chi connectivity index (χ4v) is 3.43. The van der Waals surface area contributed by atoms with E-state index in [2.05, 4.69) is 32.6 Å². The van der Waals surface area contributed by atoms with E-state index < -0.39 is 0 Å². The Morgan fingerprint density at radius 2 is 1.83 bits per heavy atom. The summed E-state index contributed by atoms with van der Waals surface area (Å²) in [5.74, 6) is 2.91. The summed E-state index contributed by atoms with van der Waals surface area (Å²) in [5, 5.41) is 6.58. The summed E-state index contributed by atoms with van der Waals surface area (Å²) in [6.45, 7) is 3.42. The molecule has 2 aromatic rings. The van der Waals surface area contributed by atoms with Crippen molar-refractivity contribution in [3.63, 3.8) is 0 Å². The number of halogens is 3. The third-order valence-electron chi connectivity index (χ3n) is 4.22. The molecule has 3 rings (SSSR count). The third-order valence-corrected chi connectivity index (χ3v) is 4.81. The average molecular weight is 510 g/mol. The Labute approximate surface area is 192 Å². The molecule has 162 valence electrons. The van der Waals surface area contributed by atoms with Gasteiger partial charge < -0.3 is 29.6 Å². The van der Waals surface area contributed by atoms with Gasteiger partial charge in [-0.2, -0.15) is 0 Å². The molecule has 29 heavy (non-hydrogen) atoms. The highest BCUT2D eigenvalue weighted by Gasteiger charge is 2.15. The van der Waals surface area contributed by atoms with E-state index in [1.165, 1.54) is 0 Å². The molecule has 0 atom stereocenters. The van der Waals surface area contributed by atoms with Crippen LogP contribution in [-0.2, 0) is 13.2 Å². The predicted octanol–water partition coefficient (Wildman–Crippen LogP) is 4.31. The van der Waals surface area contributed by atoms with E-state index in [0.29, 0.717) is 18.1 Å². The van der Waals surface area contributed by atoms with Crippen LogP contribution in [0.2, 0.25) is 0 Å². The highest BCUT2D eigenvalue weighted by molar-refractivity contribution is 9.10. The van der Waals surface area contributed by atoms with Crippen molar-refractivity contribution in [2.24, 2.45) is 0 Å². The van der Waals surface area contributed by atoms with Crippen molar-refractivity contribution in [3.8, 4) is 23.0 Å². The normalized spacial score (nSPS) is 11.4. The first-order valence-electron chi connectivity index (χ1n) is 8.94. The molecule has 2 aromatic carbocycles. The van der Waals surface area contributed by atoms with Crippen LogP contribution in [0.5, 0.6) is 23.0 Å². The predicted molar refractivity (Wildman–Crippen MR) is 122 cm³/mol. The van der Waals surface area contributed by atoms with Crippen molar-refractivity contribution >= 4 is 40.7 Å². The maximum absolute atomic E-state index is 6.02. The van der Waals surface area contributed by atoms with Gasteiger partial charge in [0.2, 0.25) is 6.79 Å². The van der Waals surface area contributed by atoms with E-state index in [4.69, 9.17) is 18.9 Å². The number of hydrogen-bond acceptors (Lipinski definition) is 6. The van der Waals surface area contributed by atoms with Crippen LogP contribution in [0.1, 0.15) is 17.5 Å². The lowest BCUT2D eigenvalue weighted by atomic mass is 10.2. The lowest BCUT2D eigenvalue weighted by Gasteiger charge is -2.15. The van der Waals surface area contributed by atoms with Crippen molar-refractivity contribution in [1.29, 1.82) is 0 Å². The summed E-state index contributed by atoms with van der Waals surface area (Å²) in [6, 6.07) is 9.87. The van der Waals surface area contributed by atoms with Gasteiger partial charge in [0.05, 0.1) is 11.6 Å². The second kappa shape index (κ2) is 13.0. The van der Waals surface area contributed by atoms with Gasteiger partial charge in [-0.25, -0.2) is 0 Å². The van der Waals surface area contributed by atoms with Crippen LogP contribution in [0.4, 0.5) is 0 Å². The Balaban J connectivity index is 0.00000210. The quantitative estimate of drug-likeness (QED) is 0.465. The lowest BCUT2D eigenvalue weighted by molar-refractivity contribution is 0.174. The van der Waals surface area contributed by atoms with Crippen LogP contribution >= 0.6 is 40.7 Å². The van der Waals surface area contributed by atoms with Gasteiger partial charge in [0.15, 0.2) is 23.0 Å². The molecule has 6 nitrogen and oxygen atoms in total. The summed E-state index contributed by atoms with van der Waals surface area (Å²) in [4.78, 5) is 0. The number of fused-ring (bicyclic) bond motifs is 1. The molecular weight excluding hydrogens is 483 g/mol. The van der Waals surface area contributed by atoms with E-state index >= 15 is 0 Å². The van der Waals surface area contributed by atoms with E-state index in [9.17, 15) is 0 Å². The number of benzene rings is 2. The molecule has 0 unspecified atom stereocenters. The van der Waals surface area contributed by atoms with Crippen molar-refractivity contribution < 1.29 is 18.9 Å². The Hall–Kier alpha value is -1.38. The molecule has 0 aromatic heterocycles. The minimum Gasteiger partial charge on any atom is -0.493 e. The van der Waals surface area contributed by atoms with Crippen LogP contribution in [0.25, 0.3) is 0 Å². The Kier molecular flexibility index (Phi) is 11.5. The topological polar surface area (TPSA) is 61.0 Å².